The van der Waals surface area contributed by atoms with Crippen molar-refractivity contribution in [2.45, 2.75) is 50.3 Å². The Balaban J connectivity index is 1.31. The maximum absolute atomic E-state index is 12.8. The standard InChI is InChI=1S/C21H32N4O3S/c1-17-5-7-19(8-6-17)24-11-2-4-18(16-24)22-21(26)23-12-3-13-25(15-14-23)29(27,28)20-9-10-20/h5-8,18,20H,2-4,9-16H2,1H3,(H,22,26). The average molecular weight is 421 g/mol. The normalized spacial score (nSPS) is 24.2. The molecule has 1 aromatic rings. The number of anilines is 1. The molecule has 0 aromatic heterocycles. The van der Waals surface area contributed by atoms with Gasteiger partial charge in [0.2, 0.25) is 10.0 Å². The molecule has 1 aromatic carbocycles. The number of benzene rings is 1. The first kappa shape index (κ1) is 20.5. The Labute approximate surface area is 174 Å². The van der Waals surface area contributed by atoms with Crippen LogP contribution >= 0.6 is 0 Å². The van der Waals surface area contributed by atoms with Gasteiger partial charge >= 0.3 is 6.03 Å². The van der Waals surface area contributed by atoms with Crippen molar-refractivity contribution in [1.82, 2.24) is 14.5 Å². The van der Waals surface area contributed by atoms with E-state index >= 15 is 0 Å². The van der Waals surface area contributed by atoms with Crippen molar-refractivity contribution in [3.05, 3.63) is 29.8 Å². The first-order valence-corrected chi connectivity index (χ1v) is 12.3. The molecule has 0 bridgehead atoms. The van der Waals surface area contributed by atoms with Gasteiger partial charge in [0.25, 0.3) is 0 Å². The van der Waals surface area contributed by atoms with Gasteiger partial charge in [-0.05, 0) is 51.2 Å². The van der Waals surface area contributed by atoms with Crippen molar-refractivity contribution in [2.24, 2.45) is 0 Å². The van der Waals surface area contributed by atoms with E-state index in [1.807, 2.05) is 0 Å². The second-order valence-corrected chi connectivity index (χ2v) is 10.8. The van der Waals surface area contributed by atoms with Crippen LogP contribution in [0.3, 0.4) is 0 Å². The summed E-state index contributed by atoms with van der Waals surface area (Å²) in [6.45, 7) is 5.90. The molecule has 2 aliphatic heterocycles. The summed E-state index contributed by atoms with van der Waals surface area (Å²) < 4.78 is 26.6. The minimum Gasteiger partial charge on any atom is -0.369 e. The summed E-state index contributed by atoms with van der Waals surface area (Å²) >= 11 is 0. The Morgan fingerprint density at radius 3 is 2.45 bits per heavy atom. The van der Waals surface area contributed by atoms with Crippen molar-refractivity contribution in [3.63, 3.8) is 0 Å². The monoisotopic (exact) mass is 420 g/mol. The molecule has 3 fully saturated rings. The van der Waals surface area contributed by atoms with Gasteiger partial charge < -0.3 is 15.1 Å². The highest BCUT2D eigenvalue weighted by Crippen LogP contribution is 2.31. The summed E-state index contributed by atoms with van der Waals surface area (Å²) in [5.41, 5.74) is 2.44. The summed E-state index contributed by atoms with van der Waals surface area (Å²) in [7, 11) is -3.16. The van der Waals surface area contributed by atoms with E-state index in [4.69, 9.17) is 0 Å². The number of amides is 2. The largest absolute Gasteiger partial charge is 0.369 e. The van der Waals surface area contributed by atoms with Crippen LogP contribution in [0.2, 0.25) is 0 Å². The molecule has 1 N–H and O–H groups in total. The molecule has 1 aliphatic carbocycles. The van der Waals surface area contributed by atoms with Crippen LogP contribution in [-0.4, -0.2) is 74.2 Å². The van der Waals surface area contributed by atoms with E-state index in [1.165, 1.54) is 11.3 Å². The molecule has 1 atom stereocenters. The van der Waals surface area contributed by atoms with E-state index in [2.05, 4.69) is 41.4 Å². The minimum atomic E-state index is -3.16. The lowest BCUT2D eigenvalue weighted by atomic mass is 10.0. The van der Waals surface area contributed by atoms with Gasteiger partial charge in [-0.15, -0.1) is 0 Å². The second kappa shape index (κ2) is 8.52. The molecule has 2 saturated heterocycles. The number of carbonyl (C=O) groups excluding carboxylic acids is 1. The fourth-order valence-corrected chi connectivity index (χ4v) is 6.15. The van der Waals surface area contributed by atoms with Crippen LogP contribution in [0.1, 0.15) is 37.7 Å². The number of hydrogen-bond acceptors (Lipinski definition) is 4. The van der Waals surface area contributed by atoms with Crippen molar-refractivity contribution < 1.29 is 13.2 Å². The first-order valence-electron chi connectivity index (χ1n) is 10.8. The third-order valence-corrected chi connectivity index (χ3v) is 8.59. The Morgan fingerprint density at radius 1 is 0.966 bits per heavy atom. The molecule has 0 radical (unpaired) electrons. The Bertz CT molecular complexity index is 823. The molecule has 0 spiro atoms. The number of hydrogen-bond donors (Lipinski definition) is 1. The highest BCUT2D eigenvalue weighted by molar-refractivity contribution is 7.90. The Kier molecular flexibility index (Phi) is 6.01. The van der Waals surface area contributed by atoms with Gasteiger partial charge in [0.1, 0.15) is 0 Å². The van der Waals surface area contributed by atoms with Crippen molar-refractivity contribution in [1.29, 1.82) is 0 Å². The van der Waals surface area contributed by atoms with Crippen LogP contribution in [0.4, 0.5) is 10.5 Å². The SMILES string of the molecule is Cc1ccc(N2CCCC(NC(=O)N3CCCN(S(=O)(=O)C4CC4)CC3)C2)cc1. The van der Waals surface area contributed by atoms with Gasteiger partial charge in [0, 0.05) is 51.0 Å². The summed E-state index contributed by atoms with van der Waals surface area (Å²) in [4.78, 5) is 17.0. The van der Waals surface area contributed by atoms with Crippen molar-refractivity contribution in [3.8, 4) is 0 Å². The van der Waals surface area contributed by atoms with Gasteiger partial charge in [0.05, 0.1) is 5.25 Å². The molecule has 29 heavy (non-hydrogen) atoms. The topological polar surface area (TPSA) is 73.0 Å². The quantitative estimate of drug-likeness (QED) is 0.810. The third kappa shape index (κ3) is 4.86. The Hall–Kier alpha value is -1.80. The van der Waals surface area contributed by atoms with E-state index in [-0.39, 0.29) is 17.3 Å². The molecule has 1 saturated carbocycles. The zero-order chi connectivity index (χ0) is 20.4. The maximum Gasteiger partial charge on any atom is 0.317 e. The lowest BCUT2D eigenvalue weighted by molar-refractivity contribution is 0.194. The summed E-state index contributed by atoms with van der Waals surface area (Å²) in [5, 5.41) is 3.01. The molecule has 8 heteroatoms. The Morgan fingerprint density at radius 2 is 1.72 bits per heavy atom. The number of piperidine rings is 1. The fourth-order valence-electron chi connectivity index (χ4n) is 4.28. The molecule has 2 heterocycles. The summed E-state index contributed by atoms with van der Waals surface area (Å²) in [5.74, 6) is 0. The van der Waals surface area contributed by atoms with Crippen molar-refractivity contribution >= 4 is 21.7 Å². The number of sulfonamides is 1. The fraction of sp³-hybridized carbons (Fsp3) is 0.667. The van der Waals surface area contributed by atoms with Crippen LogP contribution in [0.25, 0.3) is 0 Å². The van der Waals surface area contributed by atoms with Crippen LogP contribution in [0, 0.1) is 6.92 Å². The number of carbonyl (C=O) groups is 1. The number of nitrogens with zero attached hydrogens (tertiary/aromatic N) is 3. The zero-order valence-corrected chi connectivity index (χ0v) is 18.0. The molecule has 3 aliphatic rings. The minimum absolute atomic E-state index is 0.0635. The number of rotatable bonds is 4. The molecule has 160 valence electrons. The first-order chi connectivity index (χ1) is 13.9. The smallest absolute Gasteiger partial charge is 0.317 e. The van der Waals surface area contributed by atoms with E-state index < -0.39 is 10.0 Å². The van der Waals surface area contributed by atoms with Crippen LogP contribution < -0.4 is 10.2 Å². The van der Waals surface area contributed by atoms with E-state index in [0.29, 0.717) is 32.6 Å². The van der Waals surface area contributed by atoms with E-state index in [9.17, 15) is 13.2 Å². The van der Waals surface area contributed by atoms with E-state index in [1.54, 1.807) is 9.21 Å². The van der Waals surface area contributed by atoms with Gasteiger partial charge in [0.15, 0.2) is 0 Å². The maximum atomic E-state index is 12.8. The molecular formula is C21H32N4O3S. The second-order valence-electron chi connectivity index (χ2n) is 8.55. The lowest BCUT2D eigenvalue weighted by Crippen LogP contribution is -2.52. The third-order valence-electron chi connectivity index (χ3n) is 6.20. The van der Waals surface area contributed by atoms with Gasteiger partial charge in [-0.2, -0.15) is 4.31 Å². The van der Waals surface area contributed by atoms with Crippen molar-refractivity contribution in [2.75, 3.05) is 44.2 Å². The highest BCUT2D eigenvalue weighted by Gasteiger charge is 2.40. The van der Waals surface area contributed by atoms with Crippen LogP contribution in [0.5, 0.6) is 0 Å². The number of urea groups is 1. The molecule has 2 amide bonds. The average Bonchev–Trinajstić information content (AvgIpc) is 3.55. The lowest BCUT2D eigenvalue weighted by Gasteiger charge is -2.36. The summed E-state index contributed by atoms with van der Waals surface area (Å²) in [6, 6.07) is 8.58. The zero-order valence-electron chi connectivity index (χ0n) is 17.2. The molecule has 4 rings (SSSR count). The summed E-state index contributed by atoms with van der Waals surface area (Å²) in [6.07, 6.45) is 4.28. The predicted octanol–water partition coefficient (Wildman–Crippen LogP) is 2.17. The predicted molar refractivity (Wildman–Crippen MR) is 115 cm³/mol. The van der Waals surface area contributed by atoms with Crippen LogP contribution in [-0.2, 0) is 10.0 Å². The van der Waals surface area contributed by atoms with Gasteiger partial charge in [-0.3, -0.25) is 0 Å². The molecule has 7 nitrogen and oxygen atoms in total. The molecule has 1 unspecified atom stereocenters. The van der Waals surface area contributed by atoms with Crippen LogP contribution in [0.15, 0.2) is 24.3 Å². The molecular weight excluding hydrogens is 388 g/mol. The van der Waals surface area contributed by atoms with E-state index in [0.717, 1.165) is 38.8 Å². The number of aryl methyl sites for hydroxylation is 1. The number of nitrogens with one attached hydrogen (secondary N) is 1. The highest BCUT2D eigenvalue weighted by atomic mass is 32.2. The van der Waals surface area contributed by atoms with Gasteiger partial charge in [-0.25, -0.2) is 13.2 Å². The van der Waals surface area contributed by atoms with Gasteiger partial charge in [-0.1, -0.05) is 17.7 Å².